The summed E-state index contributed by atoms with van der Waals surface area (Å²) in [6.07, 6.45) is 2.94. The van der Waals surface area contributed by atoms with Gasteiger partial charge in [-0.05, 0) is 50.2 Å². The van der Waals surface area contributed by atoms with E-state index in [9.17, 15) is 21.6 Å². The number of alkyl halides is 3. The van der Waals surface area contributed by atoms with Gasteiger partial charge in [-0.3, -0.25) is 0 Å². The molecule has 9 heteroatoms. The number of benzene rings is 1. The predicted molar refractivity (Wildman–Crippen MR) is 103 cm³/mol. The minimum atomic E-state index is -4.65. The maximum absolute atomic E-state index is 12.8. The molecular weight excluding hydrogens is 405 g/mol. The van der Waals surface area contributed by atoms with Crippen LogP contribution in [0.2, 0.25) is 0 Å². The van der Waals surface area contributed by atoms with Gasteiger partial charge < -0.3 is 4.52 Å². The van der Waals surface area contributed by atoms with Crippen molar-refractivity contribution in [3.05, 3.63) is 47.2 Å². The summed E-state index contributed by atoms with van der Waals surface area (Å²) in [5.41, 5.74) is 2.02. The van der Waals surface area contributed by atoms with Crippen LogP contribution in [-0.4, -0.2) is 20.1 Å². The Hall–Kier alpha value is -2.13. The van der Waals surface area contributed by atoms with E-state index in [-0.39, 0.29) is 22.7 Å². The highest BCUT2D eigenvalue weighted by Gasteiger charge is 2.36. The van der Waals surface area contributed by atoms with Crippen molar-refractivity contribution < 1.29 is 26.1 Å². The van der Waals surface area contributed by atoms with E-state index in [0.29, 0.717) is 18.4 Å². The van der Waals surface area contributed by atoms with E-state index in [1.165, 1.54) is 18.1 Å². The van der Waals surface area contributed by atoms with Crippen LogP contribution in [0.15, 0.2) is 45.3 Å². The van der Waals surface area contributed by atoms with E-state index < -0.39 is 22.0 Å². The van der Waals surface area contributed by atoms with Crippen LogP contribution in [0.4, 0.5) is 13.2 Å². The molecule has 0 fully saturated rings. The Balaban J connectivity index is 1.82. The zero-order valence-electron chi connectivity index (χ0n) is 16.1. The van der Waals surface area contributed by atoms with Crippen molar-refractivity contribution >= 4 is 10.0 Å². The van der Waals surface area contributed by atoms with Crippen LogP contribution >= 0.6 is 0 Å². The average molecular weight is 428 g/mol. The Labute approximate surface area is 168 Å². The fourth-order valence-electron chi connectivity index (χ4n) is 3.36. The smallest absolute Gasteiger partial charge is 0.351 e. The molecule has 0 atom stereocenters. The van der Waals surface area contributed by atoms with Gasteiger partial charge in [0.05, 0.1) is 4.90 Å². The monoisotopic (exact) mass is 428 g/mol. The van der Waals surface area contributed by atoms with E-state index in [4.69, 9.17) is 0 Å². The highest BCUT2D eigenvalue weighted by Crippen LogP contribution is 2.33. The maximum atomic E-state index is 12.8. The van der Waals surface area contributed by atoms with Crippen molar-refractivity contribution in [1.29, 1.82) is 0 Å². The average Bonchev–Trinajstić information content (AvgIpc) is 3.19. The van der Waals surface area contributed by atoms with Crippen molar-refractivity contribution in [2.75, 3.05) is 6.54 Å². The number of nitrogens with zero attached hydrogens (tertiary/aromatic N) is 1. The summed E-state index contributed by atoms with van der Waals surface area (Å²) < 4.78 is 70.9. The Morgan fingerprint density at radius 1 is 1.21 bits per heavy atom. The Morgan fingerprint density at radius 2 is 2.00 bits per heavy atom. The van der Waals surface area contributed by atoms with Crippen LogP contribution in [0.5, 0.6) is 0 Å². The number of halogens is 3. The summed E-state index contributed by atoms with van der Waals surface area (Å²) in [7, 11) is -3.81. The third-order valence-electron chi connectivity index (χ3n) is 4.95. The van der Waals surface area contributed by atoms with Gasteiger partial charge in [0.25, 0.3) is 0 Å². The zero-order valence-corrected chi connectivity index (χ0v) is 16.9. The largest absolute Gasteiger partial charge is 0.452 e. The summed E-state index contributed by atoms with van der Waals surface area (Å²) in [6, 6.07) is 5.25. The number of aromatic nitrogens is 1. The van der Waals surface area contributed by atoms with Gasteiger partial charge in [-0.1, -0.05) is 35.9 Å². The SMILES string of the molecule is CCc1ccc(-c2cc(C(F)(F)F)on2)cc1S(=O)(=O)NCCC1=CCCCC1. The molecule has 0 amide bonds. The normalized spacial score (nSPS) is 15.4. The highest BCUT2D eigenvalue weighted by atomic mass is 32.2. The van der Waals surface area contributed by atoms with Gasteiger partial charge in [0, 0.05) is 18.2 Å². The van der Waals surface area contributed by atoms with Crippen LogP contribution in [0.1, 0.15) is 50.4 Å². The number of rotatable bonds is 7. The molecular formula is C20H23F3N2O3S. The lowest BCUT2D eigenvalue weighted by atomic mass is 9.97. The lowest BCUT2D eigenvalue weighted by Crippen LogP contribution is -2.26. The first-order chi connectivity index (χ1) is 13.7. The molecule has 1 aromatic carbocycles. The molecule has 0 saturated heterocycles. The second-order valence-electron chi connectivity index (χ2n) is 7.01. The molecule has 1 aromatic heterocycles. The van der Waals surface area contributed by atoms with Crippen LogP contribution < -0.4 is 4.72 Å². The third kappa shape index (κ3) is 5.27. The minimum Gasteiger partial charge on any atom is -0.351 e. The highest BCUT2D eigenvalue weighted by molar-refractivity contribution is 7.89. The molecule has 158 valence electrons. The maximum Gasteiger partial charge on any atom is 0.452 e. The number of sulfonamides is 1. The lowest BCUT2D eigenvalue weighted by Gasteiger charge is -2.14. The van der Waals surface area contributed by atoms with E-state index in [2.05, 4.69) is 20.5 Å². The second kappa shape index (κ2) is 8.71. The molecule has 0 bridgehead atoms. The van der Waals surface area contributed by atoms with E-state index in [1.807, 2.05) is 6.92 Å². The van der Waals surface area contributed by atoms with E-state index in [0.717, 1.165) is 25.3 Å². The van der Waals surface area contributed by atoms with Crippen molar-refractivity contribution in [2.24, 2.45) is 0 Å². The molecule has 1 aliphatic carbocycles. The molecule has 0 radical (unpaired) electrons. The molecule has 5 nitrogen and oxygen atoms in total. The number of hydrogen-bond acceptors (Lipinski definition) is 4. The molecule has 1 aliphatic rings. The van der Waals surface area contributed by atoms with Gasteiger partial charge in [-0.2, -0.15) is 13.2 Å². The van der Waals surface area contributed by atoms with Crippen molar-refractivity contribution in [3.63, 3.8) is 0 Å². The quantitative estimate of drug-likeness (QED) is 0.624. The van der Waals surface area contributed by atoms with Crippen LogP contribution in [0, 0.1) is 0 Å². The first kappa shape index (κ1) is 21.6. The van der Waals surface area contributed by atoms with E-state index in [1.54, 1.807) is 12.1 Å². The van der Waals surface area contributed by atoms with E-state index >= 15 is 0 Å². The molecule has 29 heavy (non-hydrogen) atoms. The number of allylic oxidation sites excluding steroid dienone is 1. The number of aryl methyl sites for hydroxylation is 1. The van der Waals surface area contributed by atoms with Crippen molar-refractivity contribution in [3.8, 4) is 11.3 Å². The molecule has 0 unspecified atom stereocenters. The van der Waals surface area contributed by atoms with Crippen molar-refractivity contribution in [1.82, 2.24) is 9.88 Å². The first-order valence-electron chi connectivity index (χ1n) is 9.55. The van der Waals surface area contributed by atoms with Gasteiger partial charge in [-0.15, -0.1) is 0 Å². The summed E-state index contributed by atoms with van der Waals surface area (Å²) in [5, 5.41) is 3.44. The fraction of sp³-hybridized carbons (Fsp3) is 0.450. The Kier molecular flexibility index (Phi) is 6.48. The van der Waals surface area contributed by atoms with Crippen LogP contribution in [0.3, 0.4) is 0 Å². The Morgan fingerprint density at radius 3 is 2.62 bits per heavy atom. The van der Waals surface area contributed by atoms with Crippen molar-refractivity contribution in [2.45, 2.75) is 56.5 Å². The molecule has 3 rings (SSSR count). The molecule has 0 spiro atoms. The standard InChI is InChI=1S/C20H23F3N2O3S/c1-2-15-8-9-16(17-13-19(28-25-17)20(21,22)23)12-18(15)29(26,27)24-11-10-14-6-4-3-5-7-14/h6,8-9,12-13,24H,2-5,7,10-11H2,1H3. The predicted octanol–water partition coefficient (Wildman–Crippen LogP) is 5.09. The topological polar surface area (TPSA) is 72.2 Å². The van der Waals surface area contributed by atoms with Gasteiger partial charge in [-0.25, -0.2) is 13.1 Å². The van der Waals surface area contributed by atoms with Crippen LogP contribution in [-0.2, 0) is 22.6 Å². The summed E-state index contributed by atoms with van der Waals surface area (Å²) >= 11 is 0. The molecule has 1 N–H and O–H groups in total. The molecule has 1 heterocycles. The third-order valence-corrected chi connectivity index (χ3v) is 6.49. The lowest BCUT2D eigenvalue weighted by molar-refractivity contribution is -0.155. The van der Waals surface area contributed by atoms with Gasteiger partial charge in [0.2, 0.25) is 15.8 Å². The first-order valence-corrected chi connectivity index (χ1v) is 11.0. The fourth-order valence-corrected chi connectivity index (χ4v) is 4.72. The number of nitrogens with one attached hydrogen (secondary N) is 1. The van der Waals surface area contributed by atoms with Gasteiger partial charge >= 0.3 is 6.18 Å². The summed E-state index contributed by atoms with van der Waals surface area (Å²) in [4.78, 5) is 0.0479. The van der Waals surface area contributed by atoms with Crippen LogP contribution in [0.25, 0.3) is 11.3 Å². The second-order valence-corrected chi connectivity index (χ2v) is 8.74. The van der Waals surface area contributed by atoms with Gasteiger partial charge in [0.15, 0.2) is 0 Å². The molecule has 0 saturated carbocycles. The summed E-state index contributed by atoms with van der Waals surface area (Å²) in [6.45, 7) is 2.10. The van der Waals surface area contributed by atoms with Gasteiger partial charge in [0.1, 0.15) is 5.69 Å². The minimum absolute atomic E-state index is 0.0479. The Bertz CT molecular complexity index is 995. The molecule has 0 aliphatic heterocycles. The summed E-state index contributed by atoms with van der Waals surface area (Å²) in [5.74, 6) is -1.23. The molecule has 2 aromatic rings. The zero-order chi connectivity index (χ0) is 21.1. The number of hydrogen-bond donors (Lipinski definition) is 1.